The molecule has 2 nitrogen and oxygen atoms in total. The number of alkyl halides is 1. The van der Waals surface area contributed by atoms with Crippen molar-refractivity contribution in [3.05, 3.63) is 0 Å². The summed E-state index contributed by atoms with van der Waals surface area (Å²) in [6.07, 6.45) is 7.16. The number of oxime groups is 1. The fraction of sp³-hybridized carbons (Fsp3) is 0.917. The second kappa shape index (κ2) is 2.91. The first-order chi connectivity index (χ1) is 7.05. The lowest BCUT2D eigenvalue weighted by Crippen LogP contribution is -2.55. The molecular formula is C12H18ClNO. The molecule has 2 unspecified atom stereocenters. The molecule has 2 atom stereocenters. The Bertz CT molecular complexity index is 312. The SMILES string of the molecule is CC(=NO)C12CC3CC(CC(Cl)(C3)C1)C2. The summed E-state index contributed by atoms with van der Waals surface area (Å²) in [5, 5.41) is 12.5. The third kappa shape index (κ3) is 1.33. The van der Waals surface area contributed by atoms with Crippen LogP contribution in [0.15, 0.2) is 5.16 Å². The molecule has 4 saturated carbocycles. The third-order valence-corrected chi connectivity index (χ3v) is 5.35. The lowest BCUT2D eigenvalue weighted by atomic mass is 9.48. The second-order valence-electron chi connectivity index (χ2n) is 6.08. The van der Waals surface area contributed by atoms with E-state index >= 15 is 0 Å². The van der Waals surface area contributed by atoms with Crippen molar-refractivity contribution in [1.82, 2.24) is 0 Å². The van der Waals surface area contributed by atoms with Crippen molar-refractivity contribution in [2.75, 3.05) is 0 Å². The number of nitrogens with zero attached hydrogens (tertiary/aromatic N) is 1. The average Bonchev–Trinajstić information content (AvgIpc) is 2.12. The number of hydrogen-bond acceptors (Lipinski definition) is 2. The van der Waals surface area contributed by atoms with Crippen molar-refractivity contribution in [1.29, 1.82) is 0 Å². The zero-order valence-corrected chi connectivity index (χ0v) is 9.93. The Morgan fingerprint density at radius 1 is 1.27 bits per heavy atom. The van der Waals surface area contributed by atoms with Gasteiger partial charge in [-0.05, 0) is 57.3 Å². The Labute approximate surface area is 95.7 Å². The van der Waals surface area contributed by atoms with E-state index in [1.165, 1.54) is 32.1 Å². The number of hydrogen-bond donors (Lipinski definition) is 1. The Kier molecular flexibility index (Phi) is 1.93. The van der Waals surface area contributed by atoms with Crippen LogP contribution in [0.25, 0.3) is 0 Å². The molecule has 1 N–H and O–H groups in total. The van der Waals surface area contributed by atoms with Crippen LogP contribution in [0.4, 0.5) is 0 Å². The highest BCUT2D eigenvalue weighted by Gasteiger charge is 2.58. The minimum Gasteiger partial charge on any atom is -0.411 e. The zero-order chi connectivity index (χ0) is 10.7. The van der Waals surface area contributed by atoms with Crippen LogP contribution in [0.2, 0.25) is 0 Å². The van der Waals surface area contributed by atoms with E-state index in [0.717, 1.165) is 24.0 Å². The summed E-state index contributed by atoms with van der Waals surface area (Å²) >= 11 is 6.68. The monoisotopic (exact) mass is 227 g/mol. The van der Waals surface area contributed by atoms with Gasteiger partial charge in [-0.15, -0.1) is 11.6 Å². The van der Waals surface area contributed by atoms with Crippen LogP contribution in [0.5, 0.6) is 0 Å². The standard InChI is InChI=1S/C12H18ClNO/c1-8(14-15)11-3-9-2-10(4-11)6-12(13,5-9)7-11/h9-10,15H,2-7H2,1H3. The van der Waals surface area contributed by atoms with E-state index in [1.807, 2.05) is 6.92 Å². The van der Waals surface area contributed by atoms with Crippen molar-refractivity contribution < 1.29 is 5.21 Å². The minimum absolute atomic E-state index is 0.0238. The molecule has 15 heavy (non-hydrogen) atoms. The van der Waals surface area contributed by atoms with Crippen LogP contribution in [0, 0.1) is 17.3 Å². The average molecular weight is 228 g/mol. The van der Waals surface area contributed by atoms with Gasteiger partial charge >= 0.3 is 0 Å². The molecule has 0 spiro atoms. The maximum atomic E-state index is 9.02. The van der Waals surface area contributed by atoms with E-state index in [2.05, 4.69) is 5.16 Å². The van der Waals surface area contributed by atoms with Crippen molar-refractivity contribution in [3.63, 3.8) is 0 Å². The van der Waals surface area contributed by atoms with Crippen molar-refractivity contribution in [3.8, 4) is 0 Å². The lowest BCUT2D eigenvalue weighted by molar-refractivity contribution is -0.0000135. The fourth-order valence-corrected chi connectivity index (χ4v) is 5.37. The van der Waals surface area contributed by atoms with Crippen LogP contribution in [-0.2, 0) is 0 Å². The van der Waals surface area contributed by atoms with E-state index in [0.29, 0.717) is 0 Å². The third-order valence-electron chi connectivity index (χ3n) is 4.91. The molecule has 0 heterocycles. The second-order valence-corrected chi connectivity index (χ2v) is 6.88. The Hall–Kier alpha value is -0.240. The van der Waals surface area contributed by atoms with Gasteiger partial charge in [-0.1, -0.05) is 5.16 Å². The highest BCUT2D eigenvalue weighted by molar-refractivity contribution is 6.24. The summed E-state index contributed by atoms with van der Waals surface area (Å²) in [6, 6.07) is 0. The normalized spacial score (nSPS) is 53.6. The molecular weight excluding hydrogens is 210 g/mol. The van der Waals surface area contributed by atoms with E-state index < -0.39 is 0 Å². The molecule has 4 aliphatic carbocycles. The van der Waals surface area contributed by atoms with Gasteiger partial charge in [0.1, 0.15) is 0 Å². The van der Waals surface area contributed by atoms with Crippen LogP contribution >= 0.6 is 11.6 Å². The molecule has 4 rings (SSSR count). The van der Waals surface area contributed by atoms with Gasteiger partial charge in [0.05, 0.1) is 5.71 Å². The molecule has 0 aliphatic heterocycles. The topological polar surface area (TPSA) is 32.6 Å². The van der Waals surface area contributed by atoms with E-state index in [9.17, 15) is 0 Å². The predicted molar refractivity (Wildman–Crippen MR) is 60.6 cm³/mol. The summed E-state index contributed by atoms with van der Waals surface area (Å²) < 4.78 is 0. The van der Waals surface area contributed by atoms with Gasteiger partial charge < -0.3 is 5.21 Å². The molecule has 3 heteroatoms. The van der Waals surface area contributed by atoms with Crippen molar-refractivity contribution in [2.45, 2.75) is 50.3 Å². The summed E-state index contributed by atoms with van der Waals surface area (Å²) in [6.45, 7) is 1.97. The molecule has 0 amide bonds. The number of rotatable bonds is 1. The van der Waals surface area contributed by atoms with Gasteiger partial charge in [-0.25, -0.2) is 0 Å². The molecule has 4 aliphatic rings. The van der Waals surface area contributed by atoms with E-state index in [-0.39, 0.29) is 10.3 Å². The molecule has 0 radical (unpaired) electrons. The summed E-state index contributed by atoms with van der Waals surface area (Å²) in [5.41, 5.74) is 1.06. The van der Waals surface area contributed by atoms with Gasteiger partial charge in [0.25, 0.3) is 0 Å². The Morgan fingerprint density at radius 2 is 1.87 bits per heavy atom. The number of halogens is 1. The Balaban J connectivity index is 1.99. The molecule has 0 saturated heterocycles. The zero-order valence-electron chi connectivity index (χ0n) is 9.17. The molecule has 4 fully saturated rings. The summed E-state index contributed by atoms with van der Waals surface area (Å²) in [5.74, 6) is 1.56. The lowest BCUT2D eigenvalue weighted by Gasteiger charge is -2.59. The van der Waals surface area contributed by atoms with E-state index in [1.54, 1.807) is 0 Å². The first kappa shape index (κ1) is 9.95. The van der Waals surface area contributed by atoms with Crippen LogP contribution < -0.4 is 0 Å². The predicted octanol–water partition coefficient (Wildman–Crippen LogP) is 3.41. The highest BCUT2D eigenvalue weighted by atomic mass is 35.5. The van der Waals surface area contributed by atoms with Gasteiger partial charge in [0, 0.05) is 10.3 Å². The first-order valence-corrected chi connectivity index (χ1v) is 6.31. The fourth-order valence-electron chi connectivity index (χ4n) is 4.68. The summed E-state index contributed by atoms with van der Waals surface area (Å²) in [7, 11) is 0. The van der Waals surface area contributed by atoms with Crippen LogP contribution in [-0.4, -0.2) is 15.8 Å². The first-order valence-electron chi connectivity index (χ1n) is 5.93. The van der Waals surface area contributed by atoms with Gasteiger partial charge in [-0.2, -0.15) is 0 Å². The van der Waals surface area contributed by atoms with E-state index in [4.69, 9.17) is 16.8 Å². The smallest absolute Gasteiger partial charge is 0.0602 e. The molecule has 84 valence electrons. The van der Waals surface area contributed by atoms with Crippen LogP contribution in [0.1, 0.15) is 45.4 Å². The molecule has 0 aromatic carbocycles. The van der Waals surface area contributed by atoms with Crippen molar-refractivity contribution in [2.24, 2.45) is 22.4 Å². The van der Waals surface area contributed by atoms with Crippen molar-refractivity contribution >= 4 is 17.3 Å². The maximum Gasteiger partial charge on any atom is 0.0602 e. The van der Waals surface area contributed by atoms with Crippen LogP contribution in [0.3, 0.4) is 0 Å². The molecule has 0 aromatic heterocycles. The maximum absolute atomic E-state index is 9.02. The molecule has 0 aromatic rings. The summed E-state index contributed by atoms with van der Waals surface area (Å²) in [4.78, 5) is 0.0238. The largest absolute Gasteiger partial charge is 0.411 e. The molecule has 4 bridgehead atoms. The van der Waals surface area contributed by atoms with Gasteiger partial charge in [0.15, 0.2) is 0 Å². The van der Waals surface area contributed by atoms with Gasteiger partial charge in [0.2, 0.25) is 0 Å². The quantitative estimate of drug-likeness (QED) is 0.317. The minimum atomic E-state index is 0.0238. The van der Waals surface area contributed by atoms with Gasteiger partial charge in [-0.3, -0.25) is 0 Å². The highest BCUT2D eigenvalue weighted by Crippen LogP contribution is 2.64. The Morgan fingerprint density at radius 3 is 2.33 bits per heavy atom.